The van der Waals surface area contributed by atoms with E-state index in [0.717, 1.165) is 11.4 Å². The van der Waals surface area contributed by atoms with E-state index < -0.39 is 0 Å². The van der Waals surface area contributed by atoms with Crippen LogP contribution in [0, 0.1) is 0 Å². The van der Waals surface area contributed by atoms with Crippen LogP contribution in [0.4, 0.5) is 11.4 Å². The van der Waals surface area contributed by atoms with Crippen molar-refractivity contribution in [1.82, 2.24) is 4.57 Å². The molecular weight excluding hydrogens is 496 g/mol. The molecule has 0 radical (unpaired) electrons. The van der Waals surface area contributed by atoms with Crippen molar-refractivity contribution < 1.29 is 0 Å². The summed E-state index contributed by atoms with van der Waals surface area (Å²) in [6, 6.07) is 46.5. The molecule has 2 heterocycles. The fraction of sp³-hybridized carbons (Fsp3) is 0.0769. The Bertz CT molecular complexity index is 2200. The Hall–Kier alpha value is -5.08. The summed E-state index contributed by atoms with van der Waals surface area (Å²) in [5.41, 5.74) is 16.5. The Morgan fingerprint density at radius 3 is 2.22 bits per heavy atom. The van der Waals surface area contributed by atoms with Crippen molar-refractivity contribution in [2.24, 2.45) is 0 Å². The minimum atomic E-state index is -0.0694. The molecule has 1 aliphatic carbocycles. The van der Waals surface area contributed by atoms with Crippen LogP contribution in [-0.4, -0.2) is 4.57 Å². The number of fused-ring (bicyclic) bond motifs is 6. The summed E-state index contributed by atoms with van der Waals surface area (Å²) in [7, 11) is 0. The van der Waals surface area contributed by atoms with Crippen molar-refractivity contribution in [2.75, 3.05) is 5.32 Å². The fourth-order valence-electron chi connectivity index (χ4n) is 7.45. The molecule has 0 atom stereocenters. The van der Waals surface area contributed by atoms with Gasteiger partial charge in [0, 0.05) is 38.7 Å². The average Bonchev–Trinajstić information content (AvgIpc) is 3.41. The van der Waals surface area contributed by atoms with Gasteiger partial charge in [-0.2, -0.15) is 0 Å². The number of hydrogen-bond acceptors (Lipinski definition) is 1. The molecule has 194 valence electrons. The van der Waals surface area contributed by atoms with Crippen molar-refractivity contribution in [3.63, 3.8) is 0 Å². The van der Waals surface area contributed by atoms with Gasteiger partial charge in [0.25, 0.3) is 0 Å². The Labute approximate surface area is 239 Å². The number of hydrogen-bond donors (Lipinski definition) is 1. The number of nitrogens with one attached hydrogen (secondary N) is 1. The molecule has 9 rings (SSSR count). The summed E-state index contributed by atoms with van der Waals surface area (Å²) in [6.07, 6.45) is 0. The summed E-state index contributed by atoms with van der Waals surface area (Å²) in [4.78, 5) is 0. The molecule has 1 aromatic heterocycles. The third-order valence-electron chi connectivity index (χ3n) is 9.30. The molecular formula is C39H28N2. The molecule has 2 nitrogen and oxygen atoms in total. The molecule has 2 aliphatic rings. The summed E-state index contributed by atoms with van der Waals surface area (Å²) >= 11 is 0. The molecule has 0 bridgehead atoms. The summed E-state index contributed by atoms with van der Waals surface area (Å²) < 4.78 is 2.52. The van der Waals surface area contributed by atoms with Gasteiger partial charge < -0.3 is 9.88 Å². The summed E-state index contributed by atoms with van der Waals surface area (Å²) in [5.74, 6) is 0. The molecule has 7 aromatic rings. The van der Waals surface area contributed by atoms with E-state index in [9.17, 15) is 0 Å². The third kappa shape index (κ3) is 2.97. The van der Waals surface area contributed by atoms with Gasteiger partial charge in [0.15, 0.2) is 0 Å². The maximum absolute atomic E-state index is 3.85. The van der Waals surface area contributed by atoms with Crippen molar-refractivity contribution in [3.05, 3.63) is 139 Å². The first-order valence-corrected chi connectivity index (χ1v) is 14.4. The zero-order valence-corrected chi connectivity index (χ0v) is 23.1. The van der Waals surface area contributed by atoms with Crippen LogP contribution in [0.3, 0.4) is 0 Å². The van der Waals surface area contributed by atoms with E-state index >= 15 is 0 Å². The minimum Gasteiger partial charge on any atom is -0.355 e. The highest BCUT2D eigenvalue weighted by molar-refractivity contribution is 6.19. The molecule has 0 unspecified atom stereocenters. The summed E-state index contributed by atoms with van der Waals surface area (Å²) in [5, 5.41) is 6.47. The van der Waals surface area contributed by atoms with Crippen LogP contribution in [0.5, 0.6) is 0 Å². The van der Waals surface area contributed by atoms with Gasteiger partial charge in [0.05, 0.1) is 16.7 Å². The Kier molecular flexibility index (Phi) is 4.42. The van der Waals surface area contributed by atoms with Gasteiger partial charge in [-0.05, 0) is 63.7 Å². The molecule has 0 saturated carbocycles. The van der Waals surface area contributed by atoms with E-state index in [2.05, 4.69) is 151 Å². The van der Waals surface area contributed by atoms with Crippen molar-refractivity contribution in [1.29, 1.82) is 0 Å². The topological polar surface area (TPSA) is 17.0 Å². The highest BCUT2D eigenvalue weighted by Gasteiger charge is 2.41. The first-order chi connectivity index (χ1) is 20.1. The Balaban J connectivity index is 1.36. The van der Waals surface area contributed by atoms with Crippen LogP contribution >= 0.6 is 0 Å². The van der Waals surface area contributed by atoms with Crippen LogP contribution in [0.15, 0.2) is 127 Å². The van der Waals surface area contributed by atoms with Gasteiger partial charge in [-0.15, -0.1) is 0 Å². The van der Waals surface area contributed by atoms with E-state index in [-0.39, 0.29) is 5.41 Å². The number of nitrogens with zero attached hydrogens (tertiary/aromatic N) is 1. The molecule has 0 saturated heterocycles. The first-order valence-electron chi connectivity index (χ1n) is 14.4. The number of para-hydroxylation sites is 1. The van der Waals surface area contributed by atoms with E-state index in [1.54, 1.807) is 0 Å². The Morgan fingerprint density at radius 1 is 0.561 bits per heavy atom. The Morgan fingerprint density at radius 2 is 1.32 bits per heavy atom. The zero-order chi connectivity index (χ0) is 27.3. The maximum atomic E-state index is 3.85. The van der Waals surface area contributed by atoms with Crippen LogP contribution in [0.2, 0.25) is 0 Å². The monoisotopic (exact) mass is 524 g/mol. The van der Waals surface area contributed by atoms with Crippen LogP contribution < -0.4 is 5.32 Å². The predicted octanol–water partition coefficient (Wildman–Crippen LogP) is 10.5. The van der Waals surface area contributed by atoms with Gasteiger partial charge in [-0.1, -0.05) is 111 Å². The molecule has 0 amide bonds. The average molecular weight is 525 g/mol. The first kappa shape index (κ1) is 22.7. The van der Waals surface area contributed by atoms with Gasteiger partial charge in [-0.25, -0.2) is 0 Å². The smallest absolute Gasteiger partial charge is 0.0623 e. The van der Waals surface area contributed by atoms with Crippen LogP contribution in [-0.2, 0) is 5.41 Å². The zero-order valence-electron chi connectivity index (χ0n) is 23.1. The minimum absolute atomic E-state index is 0.0694. The second-order valence-corrected chi connectivity index (χ2v) is 11.9. The maximum Gasteiger partial charge on any atom is 0.0623 e. The van der Waals surface area contributed by atoms with Crippen molar-refractivity contribution >= 4 is 33.2 Å². The predicted molar refractivity (Wildman–Crippen MR) is 172 cm³/mol. The van der Waals surface area contributed by atoms with E-state index in [1.165, 1.54) is 72.0 Å². The number of anilines is 2. The normalized spacial score (nSPS) is 13.8. The third-order valence-corrected chi connectivity index (χ3v) is 9.30. The van der Waals surface area contributed by atoms with Gasteiger partial charge in [0.1, 0.15) is 0 Å². The number of rotatable bonds is 3. The molecule has 0 spiro atoms. The largest absolute Gasteiger partial charge is 0.355 e. The van der Waals surface area contributed by atoms with E-state index in [4.69, 9.17) is 0 Å². The van der Waals surface area contributed by atoms with Gasteiger partial charge in [-0.3, -0.25) is 0 Å². The lowest BCUT2D eigenvalue weighted by atomic mass is 9.81. The molecule has 41 heavy (non-hydrogen) atoms. The van der Waals surface area contributed by atoms with E-state index in [0.29, 0.717) is 0 Å². The molecule has 1 N–H and O–H groups in total. The van der Waals surface area contributed by atoms with E-state index in [1.807, 2.05) is 0 Å². The highest BCUT2D eigenvalue weighted by atomic mass is 15.0. The SMILES string of the molecule is CC1(C)c2cccc3c2-c2c1ccc1c4ccccc4n(c21)-c1cccc(Nc2cccc(-c4ccccc4)c2)c1-3. The lowest BCUT2D eigenvalue weighted by Crippen LogP contribution is -2.15. The number of aromatic nitrogens is 1. The highest BCUT2D eigenvalue weighted by Crippen LogP contribution is 2.58. The van der Waals surface area contributed by atoms with Crippen molar-refractivity contribution in [3.8, 4) is 39.1 Å². The lowest BCUT2D eigenvalue weighted by Gasteiger charge is -2.23. The summed E-state index contributed by atoms with van der Waals surface area (Å²) in [6.45, 7) is 4.75. The van der Waals surface area contributed by atoms with Crippen molar-refractivity contribution in [2.45, 2.75) is 19.3 Å². The van der Waals surface area contributed by atoms with Crippen LogP contribution in [0.25, 0.3) is 60.9 Å². The molecule has 6 aromatic carbocycles. The van der Waals surface area contributed by atoms with Gasteiger partial charge >= 0.3 is 0 Å². The molecule has 1 aliphatic heterocycles. The molecule has 2 heteroatoms. The molecule has 0 fully saturated rings. The quantitative estimate of drug-likeness (QED) is 0.243. The second kappa shape index (κ2) is 7.99. The standard InChI is InChI=1S/C39H28N2/c1-39(2)30-17-9-16-29-35(30)37-31(39)22-21-28-27-15-6-7-19-33(27)41(38(28)37)34-20-10-18-32(36(29)34)40-26-14-8-13-25(23-26)24-11-4-3-5-12-24/h3-23,40H,1-2H3. The lowest BCUT2D eigenvalue weighted by molar-refractivity contribution is 0.661. The number of benzene rings is 6. The van der Waals surface area contributed by atoms with Crippen LogP contribution in [0.1, 0.15) is 25.0 Å². The second-order valence-electron chi connectivity index (χ2n) is 11.9. The fourth-order valence-corrected chi connectivity index (χ4v) is 7.45. The van der Waals surface area contributed by atoms with Gasteiger partial charge in [0.2, 0.25) is 0 Å².